The molecule has 0 N–H and O–H groups in total. The molecule has 0 saturated heterocycles. The fraction of sp³-hybridized carbons (Fsp3) is 0. The van der Waals surface area contributed by atoms with E-state index >= 15 is 0 Å². The van der Waals surface area contributed by atoms with Gasteiger partial charge in [0.1, 0.15) is 0 Å². The van der Waals surface area contributed by atoms with E-state index in [0.29, 0.717) is 11.1 Å². The van der Waals surface area contributed by atoms with Gasteiger partial charge in [-0.3, -0.25) is 0 Å². The van der Waals surface area contributed by atoms with Crippen LogP contribution in [0.3, 0.4) is 0 Å². The zero-order chi connectivity index (χ0) is 29.6. The minimum Gasteiger partial charge on any atom is -0.192 e. The molecular weight excluding hydrogens is 532 g/mol. The molecule has 8 aromatic rings. The SMILES string of the molecule is N#Cc1cc(C#N)cc(-c2ccc(-c3ccc(-c4cc5ccccc5c5ccccc45)c4ccccc34)c3ccccc23)c1. The highest BCUT2D eigenvalue weighted by molar-refractivity contribution is 6.18. The van der Waals surface area contributed by atoms with Gasteiger partial charge in [-0.1, -0.05) is 121 Å². The van der Waals surface area contributed by atoms with Crippen molar-refractivity contribution >= 4 is 43.1 Å². The maximum Gasteiger partial charge on any atom is 0.0992 e. The largest absolute Gasteiger partial charge is 0.192 e. The van der Waals surface area contributed by atoms with E-state index in [0.717, 1.165) is 27.5 Å². The predicted octanol–water partition coefficient (Wildman–Crippen LogP) is 11.0. The van der Waals surface area contributed by atoms with Crippen molar-refractivity contribution in [2.45, 2.75) is 0 Å². The van der Waals surface area contributed by atoms with E-state index in [4.69, 9.17) is 0 Å². The molecule has 44 heavy (non-hydrogen) atoms. The number of nitriles is 2. The van der Waals surface area contributed by atoms with Crippen molar-refractivity contribution in [3.8, 4) is 45.5 Å². The lowest BCUT2D eigenvalue weighted by molar-refractivity contribution is 1.45. The maximum absolute atomic E-state index is 9.59. The third-order valence-electron chi connectivity index (χ3n) is 8.70. The van der Waals surface area contributed by atoms with Crippen LogP contribution in [-0.4, -0.2) is 0 Å². The third-order valence-corrected chi connectivity index (χ3v) is 8.70. The summed E-state index contributed by atoms with van der Waals surface area (Å²) < 4.78 is 0. The highest BCUT2D eigenvalue weighted by Gasteiger charge is 2.16. The standard InChI is InChI=1S/C42H24N2/c43-25-27-21-28(26-44)23-30(22-27)32-17-18-39(35-13-5-3-12-34(32)35)40-19-20-41(37-15-7-6-14-36(37)40)42-24-29-9-1-2-10-31(29)33-11-4-8-16-38(33)42/h1-24H. The van der Waals surface area contributed by atoms with Gasteiger partial charge in [0.05, 0.1) is 23.3 Å². The van der Waals surface area contributed by atoms with Crippen molar-refractivity contribution in [3.05, 3.63) is 157 Å². The molecule has 2 heteroatoms. The number of hydrogen-bond acceptors (Lipinski definition) is 2. The molecule has 0 fully saturated rings. The number of nitrogens with zero attached hydrogens (tertiary/aromatic N) is 2. The molecule has 0 aliphatic heterocycles. The second kappa shape index (κ2) is 10.2. The first-order chi connectivity index (χ1) is 21.7. The van der Waals surface area contributed by atoms with Gasteiger partial charge in [-0.2, -0.15) is 10.5 Å². The van der Waals surface area contributed by atoms with Crippen LogP contribution in [0.5, 0.6) is 0 Å². The molecule has 0 atom stereocenters. The van der Waals surface area contributed by atoms with Gasteiger partial charge in [-0.15, -0.1) is 0 Å². The molecule has 0 amide bonds. The van der Waals surface area contributed by atoms with E-state index in [1.807, 2.05) is 18.2 Å². The first kappa shape index (κ1) is 25.5. The van der Waals surface area contributed by atoms with Gasteiger partial charge in [0.25, 0.3) is 0 Å². The lowest BCUT2D eigenvalue weighted by Gasteiger charge is -2.17. The molecule has 8 aromatic carbocycles. The normalized spacial score (nSPS) is 11.1. The second-order valence-electron chi connectivity index (χ2n) is 11.1. The highest BCUT2D eigenvalue weighted by atomic mass is 14.3. The van der Waals surface area contributed by atoms with Gasteiger partial charge in [0.2, 0.25) is 0 Å². The summed E-state index contributed by atoms with van der Waals surface area (Å²) in [6.45, 7) is 0. The Kier molecular flexibility index (Phi) is 5.94. The van der Waals surface area contributed by atoms with Crippen molar-refractivity contribution in [1.29, 1.82) is 10.5 Å². The fourth-order valence-electron chi connectivity index (χ4n) is 6.74. The lowest BCUT2D eigenvalue weighted by Crippen LogP contribution is -1.91. The van der Waals surface area contributed by atoms with E-state index in [1.54, 1.807) is 6.07 Å². The maximum atomic E-state index is 9.59. The minimum atomic E-state index is 0.481. The van der Waals surface area contributed by atoms with Crippen LogP contribution < -0.4 is 0 Å². The van der Waals surface area contributed by atoms with Crippen molar-refractivity contribution in [2.24, 2.45) is 0 Å². The number of benzene rings is 8. The van der Waals surface area contributed by atoms with E-state index in [2.05, 4.69) is 133 Å². The first-order valence-electron chi connectivity index (χ1n) is 14.6. The quantitative estimate of drug-likeness (QED) is 0.203. The van der Waals surface area contributed by atoms with Crippen molar-refractivity contribution in [1.82, 2.24) is 0 Å². The summed E-state index contributed by atoms with van der Waals surface area (Å²) in [5.74, 6) is 0. The van der Waals surface area contributed by atoms with Crippen molar-refractivity contribution in [2.75, 3.05) is 0 Å². The summed E-state index contributed by atoms with van der Waals surface area (Å²) in [6, 6.07) is 55.3. The summed E-state index contributed by atoms with van der Waals surface area (Å²) in [7, 11) is 0. The van der Waals surface area contributed by atoms with Crippen LogP contribution in [0.1, 0.15) is 11.1 Å². The van der Waals surface area contributed by atoms with Gasteiger partial charge in [0, 0.05) is 0 Å². The summed E-state index contributed by atoms with van der Waals surface area (Å²) >= 11 is 0. The number of rotatable bonds is 3. The molecule has 0 aromatic heterocycles. The van der Waals surface area contributed by atoms with Crippen LogP contribution in [0.25, 0.3) is 76.5 Å². The van der Waals surface area contributed by atoms with Gasteiger partial charge in [-0.25, -0.2) is 0 Å². The average Bonchev–Trinajstić information content (AvgIpc) is 3.10. The zero-order valence-corrected chi connectivity index (χ0v) is 23.8. The molecule has 202 valence electrons. The molecule has 2 nitrogen and oxygen atoms in total. The van der Waals surface area contributed by atoms with Gasteiger partial charge < -0.3 is 0 Å². The molecule has 0 radical (unpaired) electrons. The number of hydrogen-bond donors (Lipinski definition) is 0. The van der Waals surface area contributed by atoms with E-state index in [-0.39, 0.29) is 0 Å². The van der Waals surface area contributed by atoms with Crippen LogP contribution in [0.15, 0.2) is 146 Å². The van der Waals surface area contributed by atoms with Crippen LogP contribution in [0.2, 0.25) is 0 Å². The summed E-state index contributed by atoms with van der Waals surface area (Å²) in [5.41, 5.74) is 7.59. The highest BCUT2D eigenvalue weighted by Crippen LogP contribution is 2.43. The predicted molar refractivity (Wildman–Crippen MR) is 182 cm³/mol. The molecule has 0 aliphatic carbocycles. The molecule has 0 spiro atoms. The molecule has 0 heterocycles. The van der Waals surface area contributed by atoms with Gasteiger partial charge >= 0.3 is 0 Å². The topological polar surface area (TPSA) is 47.6 Å². The van der Waals surface area contributed by atoms with Crippen LogP contribution in [0.4, 0.5) is 0 Å². The van der Waals surface area contributed by atoms with Crippen molar-refractivity contribution in [3.63, 3.8) is 0 Å². The lowest BCUT2D eigenvalue weighted by atomic mass is 9.86. The molecule has 0 unspecified atom stereocenters. The van der Waals surface area contributed by atoms with E-state index in [1.165, 1.54) is 49.0 Å². The van der Waals surface area contributed by atoms with E-state index < -0.39 is 0 Å². The molecule has 0 saturated carbocycles. The fourth-order valence-corrected chi connectivity index (χ4v) is 6.74. The third kappa shape index (κ3) is 4.02. The van der Waals surface area contributed by atoms with E-state index in [9.17, 15) is 10.5 Å². The second-order valence-corrected chi connectivity index (χ2v) is 11.1. The Hall–Kier alpha value is -6.22. The minimum absolute atomic E-state index is 0.481. The molecule has 8 rings (SSSR count). The van der Waals surface area contributed by atoms with Crippen molar-refractivity contribution < 1.29 is 0 Å². The average molecular weight is 557 g/mol. The van der Waals surface area contributed by atoms with Crippen LogP contribution in [0, 0.1) is 22.7 Å². The Morgan fingerprint density at radius 2 is 0.705 bits per heavy atom. The molecule has 0 bridgehead atoms. The monoisotopic (exact) mass is 556 g/mol. The Balaban J connectivity index is 1.37. The summed E-state index contributed by atoms with van der Waals surface area (Å²) in [6.07, 6.45) is 0. The Bertz CT molecular complexity index is 2490. The Labute approximate surface area is 255 Å². The Morgan fingerprint density at radius 3 is 1.23 bits per heavy atom. The molecular formula is C42H24N2. The zero-order valence-electron chi connectivity index (χ0n) is 23.8. The van der Waals surface area contributed by atoms with Gasteiger partial charge in [0.15, 0.2) is 0 Å². The molecule has 0 aliphatic rings. The summed E-state index contributed by atoms with van der Waals surface area (Å²) in [5, 5.41) is 28.8. The summed E-state index contributed by atoms with van der Waals surface area (Å²) in [4.78, 5) is 0. The van der Waals surface area contributed by atoms with Crippen LogP contribution in [-0.2, 0) is 0 Å². The van der Waals surface area contributed by atoms with Gasteiger partial charge in [-0.05, 0) is 101 Å². The van der Waals surface area contributed by atoms with Crippen LogP contribution >= 0.6 is 0 Å². The smallest absolute Gasteiger partial charge is 0.0992 e. The Morgan fingerprint density at radius 1 is 0.318 bits per heavy atom. The number of fused-ring (bicyclic) bond motifs is 5. The first-order valence-corrected chi connectivity index (χ1v) is 14.6.